The van der Waals surface area contributed by atoms with Crippen LogP contribution >= 0.6 is 11.6 Å². The molecule has 4 rings (SSSR count). The normalized spacial score (nSPS) is 14.9. The average Bonchev–Trinajstić information content (AvgIpc) is 3.28. The number of rotatable bonds is 5. The highest BCUT2D eigenvalue weighted by atomic mass is 35.5. The maximum Gasteiger partial charge on any atom is 0.270 e. The van der Waals surface area contributed by atoms with Crippen molar-refractivity contribution in [1.82, 2.24) is 20.0 Å². The third-order valence-electron chi connectivity index (χ3n) is 5.46. The van der Waals surface area contributed by atoms with Crippen molar-refractivity contribution in [2.45, 2.75) is 32.8 Å². The second-order valence-electron chi connectivity index (χ2n) is 8.01. The molecule has 1 aromatic carbocycles. The first-order chi connectivity index (χ1) is 16.2. The van der Waals surface area contributed by atoms with Crippen LogP contribution in [0.4, 0.5) is 14.5 Å². The Morgan fingerprint density at radius 3 is 2.74 bits per heavy atom. The molecule has 0 unspecified atom stereocenters. The van der Waals surface area contributed by atoms with Gasteiger partial charge in [0.25, 0.3) is 11.8 Å². The highest BCUT2D eigenvalue weighted by Crippen LogP contribution is 2.32. The van der Waals surface area contributed by atoms with Crippen molar-refractivity contribution >= 4 is 28.8 Å². The summed E-state index contributed by atoms with van der Waals surface area (Å²) in [7, 11) is 0. The molecule has 0 saturated carbocycles. The number of pyridine rings is 1. The number of aryl methyl sites for hydroxylation is 1. The molecule has 0 radical (unpaired) electrons. The van der Waals surface area contributed by atoms with Crippen LogP contribution in [0.5, 0.6) is 0 Å². The molecule has 34 heavy (non-hydrogen) atoms. The van der Waals surface area contributed by atoms with Gasteiger partial charge in [-0.15, -0.1) is 0 Å². The number of halogens is 3. The quantitative estimate of drug-likeness (QED) is 0.403. The number of nitrogens with zero attached hydrogens (tertiary/aromatic N) is 5. The highest BCUT2D eigenvalue weighted by Gasteiger charge is 2.26. The van der Waals surface area contributed by atoms with Crippen LogP contribution in [0.1, 0.15) is 36.0 Å². The number of aliphatic hydroxyl groups is 1. The van der Waals surface area contributed by atoms with Gasteiger partial charge in [-0.1, -0.05) is 28.9 Å². The number of aliphatic hydroxyl groups excluding tert-OH is 1. The van der Waals surface area contributed by atoms with Crippen molar-refractivity contribution in [1.29, 1.82) is 0 Å². The van der Waals surface area contributed by atoms with Crippen LogP contribution in [0, 0.1) is 6.92 Å². The van der Waals surface area contributed by atoms with Crippen LogP contribution in [0.3, 0.4) is 0 Å². The monoisotopic (exact) mass is 488 g/mol. The maximum absolute atomic E-state index is 13.6. The molecule has 0 fully saturated rings. The zero-order valence-electron chi connectivity index (χ0n) is 18.6. The lowest BCUT2D eigenvalue weighted by atomic mass is 10.0. The van der Waals surface area contributed by atoms with Gasteiger partial charge in [-0.3, -0.25) is 4.98 Å². The van der Waals surface area contributed by atoms with Crippen molar-refractivity contribution in [3.05, 3.63) is 64.2 Å². The molecule has 2 aromatic heterocycles. The number of nitrogens with two attached hydrogens (primary N) is 1. The number of guanidine groups is 1. The first-order valence-electron chi connectivity index (χ1n) is 10.5. The van der Waals surface area contributed by atoms with Gasteiger partial charge in [-0.2, -0.15) is 4.98 Å². The van der Waals surface area contributed by atoms with E-state index in [1.165, 1.54) is 12.1 Å². The van der Waals surface area contributed by atoms with Gasteiger partial charge in [0.05, 0.1) is 22.0 Å². The van der Waals surface area contributed by atoms with E-state index in [0.29, 0.717) is 53.0 Å². The number of aromatic nitrogens is 3. The van der Waals surface area contributed by atoms with Gasteiger partial charge in [0.15, 0.2) is 11.8 Å². The minimum Gasteiger partial charge on any atom is -0.388 e. The molecular weight excluding hydrogens is 466 g/mol. The smallest absolute Gasteiger partial charge is 0.270 e. The summed E-state index contributed by atoms with van der Waals surface area (Å²) in [6.45, 7) is 3.27. The summed E-state index contributed by atoms with van der Waals surface area (Å²) < 4.78 is 32.3. The van der Waals surface area contributed by atoms with E-state index in [0.717, 1.165) is 12.5 Å². The number of hydrogen-bond donors (Lipinski definition) is 2. The van der Waals surface area contributed by atoms with Crippen LogP contribution in [0.15, 0.2) is 46.1 Å². The summed E-state index contributed by atoms with van der Waals surface area (Å²) in [6.07, 6.45) is 4.20. The molecule has 3 N–H and O–H groups in total. The van der Waals surface area contributed by atoms with Gasteiger partial charge >= 0.3 is 0 Å². The minimum absolute atomic E-state index is 0.0288. The molecule has 0 aliphatic carbocycles. The highest BCUT2D eigenvalue weighted by molar-refractivity contribution is 6.32. The minimum atomic E-state index is -2.91. The van der Waals surface area contributed by atoms with E-state index in [9.17, 15) is 8.78 Å². The zero-order valence-corrected chi connectivity index (χ0v) is 19.4. The number of benzene rings is 1. The van der Waals surface area contributed by atoms with Crippen LogP contribution in [0.25, 0.3) is 17.0 Å². The van der Waals surface area contributed by atoms with Crippen molar-refractivity contribution in [2.24, 2.45) is 10.7 Å². The van der Waals surface area contributed by atoms with Gasteiger partial charge in [0.2, 0.25) is 0 Å². The lowest BCUT2D eigenvalue weighted by Crippen LogP contribution is -2.39. The predicted octanol–water partition coefficient (Wildman–Crippen LogP) is 4.43. The van der Waals surface area contributed by atoms with Gasteiger partial charge in [-0.25, -0.2) is 13.8 Å². The molecule has 1 aliphatic heterocycles. The first kappa shape index (κ1) is 23.8. The fourth-order valence-corrected chi connectivity index (χ4v) is 4.02. The Labute approximate surface area is 199 Å². The van der Waals surface area contributed by atoms with Gasteiger partial charge in [0.1, 0.15) is 6.61 Å². The molecule has 0 amide bonds. The number of aliphatic imine (C=N–C) groups is 1. The summed E-state index contributed by atoms with van der Waals surface area (Å²) in [4.78, 5) is 14.8. The Morgan fingerprint density at radius 1 is 1.35 bits per heavy atom. The Hall–Kier alpha value is -3.37. The maximum atomic E-state index is 13.6. The summed E-state index contributed by atoms with van der Waals surface area (Å²) in [5, 5.41) is 13.2. The second-order valence-corrected chi connectivity index (χ2v) is 8.42. The van der Waals surface area contributed by atoms with Crippen molar-refractivity contribution in [3.63, 3.8) is 0 Å². The summed E-state index contributed by atoms with van der Waals surface area (Å²) in [5.74, 6) is -2.20. The van der Waals surface area contributed by atoms with E-state index in [4.69, 9.17) is 27.0 Å². The predicted molar refractivity (Wildman–Crippen MR) is 125 cm³/mol. The molecule has 0 bridgehead atoms. The van der Waals surface area contributed by atoms with Gasteiger partial charge < -0.3 is 20.3 Å². The zero-order chi connectivity index (χ0) is 24.5. The number of hydrogen-bond acceptors (Lipinski definition) is 6. The molecular formula is C23H23ClF2N6O2. The van der Waals surface area contributed by atoms with Crippen LogP contribution < -0.4 is 5.73 Å². The fourth-order valence-electron chi connectivity index (χ4n) is 3.73. The molecule has 0 spiro atoms. The van der Waals surface area contributed by atoms with Crippen LogP contribution in [-0.2, 0) is 12.5 Å². The average molecular weight is 489 g/mol. The van der Waals surface area contributed by atoms with E-state index in [1.54, 1.807) is 25.3 Å². The van der Waals surface area contributed by atoms with E-state index in [-0.39, 0.29) is 23.9 Å². The lowest BCUT2D eigenvalue weighted by Gasteiger charge is -2.27. The third-order valence-corrected chi connectivity index (χ3v) is 5.75. The summed E-state index contributed by atoms with van der Waals surface area (Å²) in [5.41, 5.74) is 9.29. The molecule has 0 atom stereocenters. The van der Waals surface area contributed by atoms with E-state index < -0.39 is 5.92 Å². The van der Waals surface area contributed by atoms with Crippen molar-refractivity contribution in [3.8, 4) is 11.5 Å². The van der Waals surface area contributed by atoms with E-state index in [1.807, 2.05) is 11.0 Å². The van der Waals surface area contributed by atoms with Gasteiger partial charge in [0, 0.05) is 31.8 Å². The van der Waals surface area contributed by atoms with Crippen molar-refractivity contribution in [2.75, 3.05) is 13.1 Å². The molecule has 3 aromatic rings. The SMILES string of the molecule is Cc1cc(N=C(N)N2CC=C(c3ncc(-c4nc(CO)no4)cc3Cl)CC2)ccc1C(C)(F)F. The van der Waals surface area contributed by atoms with Crippen LogP contribution in [-0.4, -0.2) is 44.2 Å². The van der Waals surface area contributed by atoms with Gasteiger partial charge in [-0.05, 0) is 42.7 Å². The molecule has 178 valence electrons. The largest absolute Gasteiger partial charge is 0.388 e. The molecule has 8 nitrogen and oxygen atoms in total. The molecule has 3 heterocycles. The first-order valence-corrected chi connectivity index (χ1v) is 10.9. The number of alkyl halides is 2. The standard InChI is InChI=1S/C23H23ClF2N6O2/c1-13-9-16(3-4-17(13)23(2,25)26)29-22(27)32-7-5-14(6-8-32)20-18(24)10-15(11-28-20)21-30-19(12-33)31-34-21/h3-5,9-11,33H,6-8,12H2,1-2H3,(H2,27,29). The second kappa shape index (κ2) is 9.47. The Bertz CT molecular complexity index is 1270. The third kappa shape index (κ3) is 5.07. The van der Waals surface area contributed by atoms with Crippen LogP contribution in [0.2, 0.25) is 5.02 Å². The fraction of sp³-hybridized carbons (Fsp3) is 0.304. The van der Waals surface area contributed by atoms with E-state index >= 15 is 0 Å². The Balaban J connectivity index is 1.47. The Kier molecular flexibility index (Phi) is 6.63. The lowest BCUT2D eigenvalue weighted by molar-refractivity contribution is 0.0168. The molecule has 11 heteroatoms. The molecule has 1 aliphatic rings. The summed E-state index contributed by atoms with van der Waals surface area (Å²) in [6, 6.07) is 6.21. The molecule has 0 saturated heterocycles. The summed E-state index contributed by atoms with van der Waals surface area (Å²) >= 11 is 6.46. The Morgan fingerprint density at radius 2 is 2.15 bits per heavy atom. The van der Waals surface area contributed by atoms with Crippen molar-refractivity contribution < 1.29 is 18.4 Å². The topological polar surface area (TPSA) is 114 Å². The van der Waals surface area contributed by atoms with E-state index in [2.05, 4.69) is 20.1 Å².